The maximum Gasteiger partial charge on any atom is 0.124 e. The molecule has 0 aliphatic heterocycles. The minimum atomic E-state index is -0.359. The molecule has 0 saturated carbocycles. The van der Waals surface area contributed by atoms with Crippen LogP contribution >= 0.6 is 24.0 Å². The molecular formula is C6H14INO. The van der Waals surface area contributed by atoms with E-state index in [4.69, 9.17) is 5.73 Å². The normalized spacial score (nSPS) is 13.8. The lowest BCUT2D eigenvalue weighted by Gasteiger charge is -2.21. The van der Waals surface area contributed by atoms with Crippen molar-refractivity contribution in [2.75, 3.05) is 0 Å². The van der Waals surface area contributed by atoms with Gasteiger partial charge < -0.3 is 10.5 Å². The third-order valence-electron chi connectivity index (χ3n) is 1.38. The third kappa shape index (κ3) is 4.84. The molecule has 0 aromatic heterocycles. The van der Waals surface area contributed by atoms with Gasteiger partial charge in [0.25, 0.3) is 0 Å². The molecule has 1 unspecified atom stereocenters. The molecule has 2 nitrogen and oxygen atoms in total. The standard InChI is InChI=1S/C6H13NO.HI/c1-5(4-8)6(2,3)7;/h4-5H,7H2,1-3H3;1H. The summed E-state index contributed by atoms with van der Waals surface area (Å²) in [6.07, 6.45) is 0.875. The van der Waals surface area contributed by atoms with Gasteiger partial charge in [0, 0.05) is 11.5 Å². The molecule has 0 heterocycles. The summed E-state index contributed by atoms with van der Waals surface area (Å²) >= 11 is 0. The summed E-state index contributed by atoms with van der Waals surface area (Å²) in [6, 6.07) is 0. The van der Waals surface area contributed by atoms with Crippen LogP contribution < -0.4 is 5.73 Å². The molecule has 0 amide bonds. The van der Waals surface area contributed by atoms with Gasteiger partial charge >= 0.3 is 0 Å². The smallest absolute Gasteiger partial charge is 0.124 e. The SMILES string of the molecule is CC(C=O)C(C)(C)N.I. The number of hydrogen-bond donors (Lipinski definition) is 1. The fourth-order valence-corrected chi connectivity index (χ4v) is 0.175. The summed E-state index contributed by atoms with van der Waals surface area (Å²) in [5, 5.41) is 0. The third-order valence-corrected chi connectivity index (χ3v) is 1.38. The van der Waals surface area contributed by atoms with Crippen molar-refractivity contribution in [3.63, 3.8) is 0 Å². The summed E-state index contributed by atoms with van der Waals surface area (Å²) in [6.45, 7) is 5.49. The van der Waals surface area contributed by atoms with Crippen LogP contribution in [0.5, 0.6) is 0 Å². The van der Waals surface area contributed by atoms with Gasteiger partial charge in [-0.1, -0.05) is 6.92 Å². The first kappa shape index (κ1) is 12.1. The molecule has 0 rings (SSSR count). The van der Waals surface area contributed by atoms with E-state index in [1.165, 1.54) is 0 Å². The lowest BCUT2D eigenvalue weighted by atomic mass is 9.92. The van der Waals surface area contributed by atoms with E-state index in [-0.39, 0.29) is 35.4 Å². The van der Waals surface area contributed by atoms with E-state index in [1.807, 2.05) is 20.8 Å². The molecule has 56 valence electrons. The van der Waals surface area contributed by atoms with Crippen molar-refractivity contribution in [3.8, 4) is 0 Å². The van der Waals surface area contributed by atoms with Gasteiger partial charge in [0.2, 0.25) is 0 Å². The Morgan fingerprint density at radius 3 is 1.89 bits per heavy atom. The highest BCUT2D eigenvalue weighted by Gasteiger charge is 2.18. The molecule has 0 aromatic carbocycles. The molecule has 0 saturated heterocycles. The number of carbonyl (C=O) groups excluding carboxylic acids is 1. The highest BCUT2D eigenvalue weighted by atomic mass is 127. The molecule has 9 heavy (non-hydrogen) atoms. The number of hydrogen-bond acceptors (Lipinski definition) is 2. The van der Waals surface area contributed by atoms with Crippen molar-refractivity contribution in [1.82, 2.24) is 0 Å². The monoisotopic (exact) mass is 243 g/mol. The molecule has 0 fully saturated rings. The minimum absolute atomic E-state index is 0. The summed E-state index contributed by atoms with van der Waals surface area (Å²) in [7, 11) is 0. The van der Waals surface area contributed by atoms with Crippen LogP contribution in [0.25, 0.3) is 0 Å². The van der Waals surface area contributed by atoms with Crippen molar-refractivity contribution in [2.24, 2.45) is 11.7 Å². The largest absolute Gasteiger partial charge is 0.325 e. The zero-order chi connectivity index (χ0) is 6.78. The van der Waals surface area contributed by atoms with Crippen molar-refractivity contribution < 1.29 is 4.79 Å². The fourth-order valence-electron chi connectivity index (χ4n) is 0.175. The Balaban J connectivity index is 0. The second-order valence-corrected chi connectivity index (χ2v) is 2.75. The molecular weight excluding hydrogens is 229 g/mol. The molecule has 0 aliphatic carbocycles. The van der Waals surface area contributed by atoms with Gasteiger partial charge in [-0.3, -0.25) is 0 Å². The molecule has 3 heteroatoms. The first-order valence-corrected chi connectivity index (χ1v) is 2.72. The highest BCUT2D eigenvalue weighted by molar-refractivity contribution is 14.0. The van der Waals surface area contributed by atoms with E-state index in [2.05, 4.69) is 0 Å². The molecule has 1 atom stereocenters. The number of aldehydes is 1. The molecule has 0 aromatic rings. The van der Waals surface area contributed by atoms with Crippen molar-refractivity contribution >= 4 is 30.3 Å². The summed E-state index contributed by atoms with van der Waals surface area (Å²) in [5.74, 6) is -0.0532. The van der Waals surface area contributed by atoms with Gasteiger partial charge in [0.05, 0.1) is 0 Å². The lowest BCUT2D eigenvalue weighted by Crippen LogP contribution is -2.40. The lowest BCUT2D eigenvalue weighted by molar-refractivity contribution is -0.112. The van der Waals surface area contributed by atoms with Gasteiger partial charge in [-0.05, 0) is 13.8 Å². The Hall–Kier alpha value is 0.360. The van der Waals surface area contributed by atoms with Gasteiger partial charge in [-0.25, -0.2) is 0 Å². The molecule has 2 N–H and O–H groups in total. The predicted molar refractivity (Wildman–Crippen MR) is 48.9 cm³/mol. The van der Waals surface area contributed by atoms with E-state index in [0.29, 0.717) is 0 Å². The van der Waals surface area contributed by atoms with Crippen LogP contribution in [-0.4, -0.2) is 11.8 Å². The summed E-state index contributed by atoms with van der Waals surface area (Å²) in [4.78, 5) is 10.1. The first-order valence-electron chi connectivity index (χ1n) is 2.72. The van der Waals surface area contributed by atoms with Crippen LogP contribution in [0, 0.1) is 5.92 Å². The second kappa shape index (κ2) is 4.22. The zero-order valence-corrected chi connectivity index (χ0v) is 8.38. The fraction of sp³-hybridized carbons (Fsp3) is 0.833. The average molecular weight is 243 g/mol. The van der Waals surface area contributed by atoms with Crippen LogP contribution in [0.3, 0.4) is 0 Å². The second-order valence-electron chi connectivity index (χ2n) is 2.75. The summed E-state index contributed by atoms with van der Waals surface area (Å²) < 4.78 is 0. The van der Waals surface area contributed by atoms with Gasteiger partial charge in [-0.15, -0.1) is 24.0 Å². The number of nitrogens with two attached hydrogens (primary N) is 1. The van der Waals surface area contributed by atoms with Crippen molar-refractivity contribution in [3.05, 3.63) is 0 Å². The quantitative estimate of drug-likeness (QED) is 0.584. The molecule has 0 aliphatic rings. The maximum absolute atomic E-state index is 10.1. The van der Waals surface area contributed by atoms with Gasteiger partial charge in [-0.2, -0.15) is 0 Å². The number of carbonyl (C=O) groups is 1. The van der Waals surface area contributed by atoms with Crippen LogP contribution in [-0.2, 0) is 4.79 Å². The Kier molecular flexibility index (Phi) is 5.66. The van der Waals surface area contributed by atoms with Gasteiger partial charge in [0.15, 0.2) is 0 Å². The number of halogens is 1. The average Bonchev–Trinajstić information content (AvgIpc) is 1.62. The Bertz CT molecular complexity index is 87.5. The predicted octanol–water partition coefficient (Wildman–Crippen LogP) is 1.18. The maximum atomic E-state index is 10.1. The van der Waals surface area contributed by atoms with E-state index in [1.54, 1.807) is 0 Å². The van der Waals surface area contributed by atoms with Crippen LogP contribution in [0.1, 0.15) is 20.8 Å². The van der Waals surface area contributed by atoms with Crippen molar-refractivity contribution in [1.29, 1.82) is 0 Å². The highest BCUT2D eigenvalue weighted by Crippen LogP contribution is 2.08. The molecule has 0 bridgehead atoms. The summed E-state index contributed by atoms with van der Waals surface area (Å²) in [5.41, 5.74) is 5.20. The van der Waals surface area contributed by atoms with Crippen LogP contribution in [0.15, 0.2) is 0 Å². The van der Waals surface area contributed by atoms with E-state index in [9.17, 15) is 4.79 Å². The van der Waals surface area contributed by atoms with E-state index >= 15 is 0 Å². The Morgan fingerprint density at radius 1 is 1.56 bits per heavy atom. The van der Waals surface area contributed by atoms with E-state index < -0.39 is 0 Å². The first-order chi connectivity index (χ1) is 3.48. The van der Waals surface area contributed by atoms with Crippen LogP contribution in [0.4, 0.5) is 0 Å². The Morgan fingerprint density at radius 2 is 1.89 bits per heavy atom. The zero-order valence-electron chi connectivity index (χ0n) is 6.05. The molecule has 0 spiro atoms. The molecule has 0 radical (unpaired) electrons. The minimum Gasteiger partial charge on any atom is -0.325 e. The van der Waals surface area contributed by atoms with Crippen molar-refractivity contribution in [2.45, 2.75) is 26.3 Å². The topological polar surface area (TPSA) is 43.1 Å². The van der Waals surface area contributed by atoms with Gasteiger partial charge in [0.1, 0.15) is 6.29 Å². The Labute approximate surface area is 73.2 Å². The van der Waals surface area contributed by atoms with Crippen LogP contribution in [0.2, 0.25) is 0 Å². The van der Waals surface area contributed by atoms with E-state index in [0.717, 1.165) is 6.29 Å². The number of rotatable bonds is 2.